The van der Waals surface area contributed by atoms with Crippen LogP contribution in [0.5, 0.6) is 5.75 Å². The number of Topliss-reactive ketones (excluding diaryl/α,β-unsaturated/α-hetero) is 1. The van der Waals surface area contributed by atoms with Crippen LogP contribution >= 0.6 is 0 Å². The van der Waals surface area contributed by atoms with Gasteiger partial charge >= 0.3 is 0 Å². The second-order valence-corrected chi connectivity index (χ2v) is 4.25. The van der Waals surface area contributed by atoms with Crippen molar-refractivity contribution in [3.63, 3.8) is 0 Å². The number of ether oxygens (including phenoxy) is 1. The lowest BCUT2D eigenvalue weighted by molar-refractivity contribution is 0.0979. The SMILES string of the molecule is COc1ccc(CCC(=O)c2ccccc2F)cc1. The van der Waals surface area contributed by atoms with Crippen LogP contribution in [0.4, 0.5) is 4.39 Å². The number of methoxy groups -OCH3 is 1. The fourth-order valence-electron chi connectivity index (χ4n) is 1.87. The van der Waals surface area contributed by atoms with Gasteiger partial charge in [0.05, 0.1) is 12.7 Å². The molecular weight excluding hydrogens is 243 g/mol. The highest BCUT2D eigenvalue weighted by Crippen LogP contribution is 2.15. The number of aryl methyl sites for hydroxylation is 1. The Morgan fingerprint density at radius 1 is 1.11 bits per heavy atom. The molecule has 0 aliphatic carbocycles. The van der Waals surface area contributed by atoms with Crippen molar-refractivity contribution in [1.82, 2.24) is 0 Å². The van der Waals surface area contributed by atoms with Gasteiger partial charge in [-0.05, 0) is 36.2 Å². The molecule has 0 bridgehead atoms. The standard InChI is InChI=1S/C16H15FO2/c1-19-13-9-6-12(7-10-13)8-11-16(18)14-4-2-3-5-15(14)17/h2-7,9-10H,8,11H2,1H3. The fourth-order valence-corrected chi connectivity index (χ4v) is 1.87. The van der Waals surface area contributed by atoms with E-state index in [4.69, 9.17) is 4.74 Å². The van der Waals surface area contributed by atoms with Gasteiger partial charge in [0.1, 0.15) is 11.6 Å². The molecule has 0 saturated heterocycles. The maximum atomic E-state index is 13.4. The summed E-state index contributed by atoms with van der Waals surface area (Å²) >= 11 is 0. The molecule has 0 atom stereocenters. The lowest BCUT2D eigenvalue weighted by Crippen LogP contribution is -2.03. The summed E-state index contributed by atoms with van der Waals surface area (Å²) in [4.78, 5) is 11.9. The fraction of sp³-hybridized carbons (Fsp3) is 0.188. The largest absolute Gasteiger partial charge is 0.497 e. The summed E-state index contributed by atoms with van der Waals surface area (Å²) in [5.74, 6) is 0.153. The van der Waals surface area contributed by atoms with Crippen LogP contribution in [0.2, 0.25) is 0 Å². The molecule has 0 amide bonds. The molecule has 2 aromatic carbocycles. The Morgan fingerprint density at radius 3 is 2.42 bits per heavy atom. The lowest BCUT2D eigenvalue weighted by Gasteiger charge is -2.04. The predicted molar refractivity (Wildman–Crippen MR) is 72.0 cm³/mol. The van der Waals surface area contributed by atoms with Gasteiger partial charge in [-0.25, -0.2) is 4.39 Å². The van der Waals surface area contributed by atoms with E-state index >= 15 is 0 Å². The van der Waals surface area contributed by atoms with E-state index in [9.17, 15) is 9.18 Å². The number of benzene rings is 2. The third-order valence-corrected chi connectivity index (χ3v) is 2.97. The van der Waals surface area contributed by atoms with Crippen molar-refractivity contribution < 1.29 is 13.9 Å². The maximum absolute atomic E-state index is 13.4. The van der Waals surface area contributed by atoms with E-state index in [1.165, 1.54) is 12.1 Å². The molecule has 0 aliphatic rings. The summed E-state index contributed by atoms with van der Waals surface area (Å²) in [7, 11) is 1.61. The summed E-state index contributed by atoms with van der Waals surface area (Å²) in [5.41, 5.74) is 1.20. The first-order valence-electron chi connectivity index (χ1n) is 6.11. The van der Waals surface area contributed by atoms with E-state index in [1.807, 2.05) is 24.3 Å². The summed E-state index contributed by atoms with van der Waals surface area (Å²) < 4.78 is 18.5. The number of carbonyl (C=O) groups is 1. The third kappa shape index (κ3) is 3.41. The average molecular weight is 258 g/mol. The molecule has 0 aromatic heterocycles. The van der Waals surface area contributed by atoms with E-state index in [0.29, 0.717) is 12.8 Å². The summed E-state index contributed by atoms with van der Waals surface area (Å²) in [5, 5.41) is 0. The summed E-state index contributed by atoms with van der Waals surface area (Å²) in [6, 6.07) is 13.6. The quantitative estimate of drug-likeness (QED) is 0.765. The van der Waals surface area contributed by atoms with Crippen LogP contribution in [0.15, 0.2) is 48.5 Å². The van der Waals surface area contributed by atoms with Crippen LogP contribution in [0.1, 0.15) is 22.3 Å². The normalized spacial score (nSPS) is 10.2. The molecule has 2 aromatic rings. The van der Waals surface area contributed by atoms with Crippen molar-refractivity contribution in [2.75, 3.05) is 7.11 Å². The Kier molecular flexibility index (Phi) is 4.29. The van der Waals surface area contributed by atoms with Gasteiger partial charge in [-0.15, -0.1) is 0 Å². The molecule has 19 heavy (non-hydrogen) atoms. The first-order chi connectivity index (χ1) is 9.20. The second-order valence-electron chi connectivity index (χ2n) is 4.25. The number of hydrogen-bond acceptors (Lipinski definition) is 2. The molecule has 0 saturated carbocycles. The van der Waals surface area contributed by atoms with Crippen LogP contribution in [-0.2, 0) is 6.42 Å². The first-order valence-corrected chi connectivity index (χ1v) is 6.11. The van der Waals surface area contributed by atoms with Crippen molar-refractivity contribution in [2.24, 2.45) is 0 Å². The van der Waals surface area contributed by atoms with Crippen molar-refractivity contribution in [3.05, 3.63) is 65.5 Å². The molecule has 0 fully saturated rings. The molecule has 0 radical (unpaired) electrons. The van der Waals surface area contributed by atoms with Crippen molar-refractivity contribution >= 4 is 5.78 Å². The topological polar surface area (TPSA) is 26.3 Å². The average Bonchev–Trinajstić information content (AvgIpc) is 2.46. The molecule has 2 nitrogen and oxygen atoms in total. The summed E-state index contributed by atoms with van der Waals surface area (Å²) in [6.07, 6.45) is 0.893. The van der Waals surface area contributed by atoms with Crippen LogP contribution in [0, 0.1) is 5.82 Å². The first kappa shape index (κ1) is 13.3. The van der Waals surface area contributed by atoms with Crippen molar-refractivity contribution in [3.8, 4) is 5.75 Å². The van der Waals surface area contributed by atoms with Crippen LogP contribution in [-0.4, -0.2) is 12.9 Å². The molecule has 0 heterocycles. The van der Waals surface area contributed by atoms with Crippen LogP contribution in [0.25, 0.3) is 0 Å². The van der Waals surface area contributed by atoms with E-state index in [0.717, 1.165) is 11.3 Å². The van der Waals surface area contributed by atoms with Crippen LogP contribution < -0.4 is 4.74 Å². The Labute approximate surface area is 111 Å². The van der Waals surface area contributed by atoms with Gasteiger partial charge in [-0.1, -0.05) is 24.3 Å². The van der Waals surface area contributed by atoms with Gasteiger partial charge in [0.15, 0.2) is 5.78 Å². The zero-order chi connectivity index (χ0) is 13.7. The van der Waals surface area contributed by atoms with Gasteiger partial charge < -0.3 is 4.74 Å². The zero-order valence-electron chi connectivity index (χ0n) is 10.7. The minimum Gasteiger partial charge on any atom is -0.497 e. The molecule has 2 rings (SSSR count). The molecule has 0 aliphatic heterocycles. The Hall–Kier alpha value is -2.16. The predicted octanol–water partition coefficient (Wildman–Crippen LogP) is 3.65. The molecule has 0 N–H and O–H groups in total. The van der Waals surface area contributed by atoms with E-state index in [1.54, 1.807) is 19.2 Å². The summed E-state index contributed by atoms with van der Waals surface area (Å²) in [6.45, 7) is 0. The van der Waals surface area contributed by atoms with Gasteiger partial charge in [0.25, 0.3) is 0 Å². The smallest absolute Gasteiger partial charge is 0.166 e. The highest BCUT2D eigenvalue weighted by molar-refractivity contribution is 5.96. The minimum atomic E-state index is -0.456. The van der Waals surface area contributed by atoms with Crippen molar-refractivity contribution in [2.45, 2.75) is 12.8 Å². The highest BCUT2D eigenvalue weighted by Gasteiger charge is 2.10. The van der Waals surface area contributed by atoms with Gasteiger partial charge in [0.2, 0.25) is 0 Å². The third-order valence-electron chi connectivity index (χ3n) is 2.97. The number of hydrogen-bond donors (Lipinski definition) is 0. The molecule has 0 spiro atoms. The molecule has 0 unspecified atom stereocenters. The maximum Gasteiger partial charge on any atom is 0.166 e. The Bertz CT molecular complexity index is 561. The van der Waals surface area contributed by atoms with E-state index in [-0.39, 0.29) is 11.3 Å². The van der Waals surface area contributed by atoms with Gasteiger partial charge in [-0.3, -0.25) is 4.79 Å². The second kappa shape index (κ2) is 6.14. The Morgan fingerprint density at radius 2 is 1.79 bits per heavy atom. The molecule has 3 heteroatoms. The van der Waals surface area contributed by atoms with Gasteiger partial charge in [0, 0.05) is 6.42 Å². The minimum absolute atomic E-state index is 0.163. The highest BCUT2D eigenvalue weighted by atomic mass is 19.1. The van der Waals surface area contributed by atoms with E-state index in [2.05, 4.69) is 0 Å². The number of carbonyl (C=O) groups excluding carboxylic acids is 1. The monoisotopic (exact) mass is 258 g/mol. The zero-order valence-corrected chi connectivity index (χ0v) is 10.7. The van der Waals surface area contributed by atoms with Crippen LogP contribution in [0.3, 0.4) is 0 Å². The van der Waals surface area contributed by atoms with E-state index < -0.39 is 5.82 Å². The molecule has 98 valence electrons. The number of ketones is 1. The van der Waals surface area contributed by atoms with Crippen molar-refractivity contribution in [1.29, 1.82) is 0 Å². The number of halogens is 1. The number of rotatable bonds is 5. The lowest BCUT2D eigenvalue weighted by atomic mass is 10.0. The molecular formula is C16H15FO2. The van der Waals surface area contributed by atoms with Gasteiger partial charge in [-0.2, -0.15) is 0 Å². The Balaban J connectivity index is 1.98.